The quantitative estimate of drug-likeness (QED) is 0.910. The molecule has 0 aromatic heterocycles. The van der Waals surface area contributed by atoms with E-state index in [1.807, 2.05) is 26.8 Å². The lowest BCUT2D eigenvalue weighted by Gasteiger charge is -2.42. The summed E-state index contributed by atoms with van der Waals surface area (Å²) < 4.78 is 18.9. The van der Waals surface area contributed by atoms with E-state index in [2.05, 4.69) is 4.90 Å². The molecule has 1 N–H and O–H groups in total. The fraction of sp³-hybridized carbons (Fsp3) is 0.600. The van der Waals surface area contributed by atoms with E-state index in [0.29, 0.717) is 6.54 Å². The maximum absolute atomic E-state index is 13.1. The molecule has 1 aromatic carbocycles. The first-order valence-corrected chi connectivity index (χ1v) is 6.66. The van der Waals surface area contributed by atoms with Crippen molar-refractivity contribution in [2.75, 3.05) is 19.7 Å². The molecule has 106 valence electrons. The molecule has 4 heteroatoms. The Labute approximate surface area is 114 Å². The number of halogens is 1. The molecular formula is C15H22FNO2. The Kier molecular flexibility index (Phi) is 4.23. The molecule has 1 aromatic rings. The van der Waals surface area contributed by atoms with E-state index in [4.69, 9.17) is 4.74 Å². The Hall–Kier alpha value is -0.970. The van der Waals surface area contributed by atoms with Crippen LogP contribution in [0.1, 0.15) is 25.0 Å². The molecule has 1 unspecified atom stereocenters. The van der Waals surface area contributed by atoms with E-state index < -0.39 is 0 Å². The minimum Gasteiger partial charge on any atom is -0.394 e. The molecule has 0 spiro atoms. The van der Waals surface area contributed by atoms with Gasteiger partial charge in [-0.05, 0) is 44.0 Å². The molecule has 19 heavy (non-hydrogen) atoms. The van der Waals surface area contributed by atoms with Gasteiger partial charge in [0.25, 0.3) is 0 Å². The Morgan fingerprint density at radius 1 is 1.47 bits per heavy atom. The second kappa shape index (κ2) is 5.57. The van der Waals surface area contributed by atoms with Crippen LogP contribution in [0, 0.1) is 12.7 Å². The van der Waals surface area contributed by atoms with Gasteiger partial charge in [0.15, 0.2) is 0 Å². The zero-order valence-corrected chi connectivity index (χ0v) is 11.8. The van der Waals surface area contributed by atoms with E-state index in [-0.39, 0.29) is 24.1 Å². The van der Waals surface area contributed by atoms with Crippen LogP contribution in [0.5, 0.6) is 0 Å². The summed E-state index contributed by atoms with van der Waals surface area (Å²) >= 11 is 0. The first-order valence-electron chi connectivity index (χ1n) is 6.66. The standard InChI is InChI=1S/C15H22FNO2/c1-11-6-13(16)5-4-12(11)7-17-8-14(9-18)19-15(2,3)10-17/h4-6,14,18H,7-10H2,1-3H3. The van der Waals surface area contributed by atoms with E-state index in [0.717, 1.165) is 24.2 Å². The van der Waals surface area contributed by atoms with Crippen molar-refractivity contribution in [2.45, 2.75) is 39.0 Å². The van der Waals surface area contributed by atoms with Crippen molar-refractivity contribution in [3.8, 4) is 0 Å². The number of benzene rings is 1. The average Bonchev–Trinajstić information content (AvgIpc) is 2.31. The van der Waals surface area contributed by atoms with Crippen LogP contribution in [0.25, 0.3) is 0 Å². The molecule has 1 aliphatic heterocycles. The van der Waals surface area contributed by atoms with Crippen molar-refractivity contribution in [3.63, 3.8) is 0 Å². The number of aliphatic hydroxyl groups is 1. The average molecular weight is 267 g/mol. The number of rotatable bonds is 3. The Bertz CT molecular complexity index is 448. The normalized spacial score (nSPS) is 23.5. The van der Waals surface area contributed by atoms with Gasteiger partial charge in [-0.25, -0.2) is 4.39 Å². The van der Waals surface area contributed by atoms with E-state index in [1.165, 1.54) is 6.07 Å². The van der Waals surface area contributed by atoms with Crippen LogP contribution in [-0.2, 0) is 11.3 Å². The van der Waals surface area contributed by atoms with Crippen molar-refractivity contribution in [1.29, 1.82) is 0 Å². The third kappa shape index (κ3) is 3.75. The molecule has 1 heterocycles. The second-order valence-corrected chi connectivity index (χ2v) is 5.92. The lowest BCUT2D eigenvalue weighted by molar-refractivity contribution is -0.150. The van der Waals surface area contributed by atoms with Crippen LogP contribution in [0.2, 0.25) is 0 Å². The number of aryl methyl sites for hydroxylation is 1. The van der Waals surface area contributed by atoms with Gasteiger partial charge in [-0.3, -0.25) is 4.90 Å². The molecule has 3 nitrogen and oxygen atoms in total. The topological polar surface area (TPSA) is 32.7 Å². The molecular weight excluding hydrogens is 245 g/mol. The number of aliphatic hydroxyl groups excluding tert-OH is 1. The van der Waals surface area contributed by atoms with Gasteiger partial charge in [-0.2, -0.15) is 0 Å². The van der Waals surface area contributed by atoms with E-state index >= 15 is 0 Å². The van der Waals surface area contributed by atoms with Crippen molar-refractivity contribution in [1.82, 2.24) is 4.90 Å². The number of ether oxygens (including phenoxy) is 1. The molecule has 2 rings (SSSR count). The van der Waals surface area contributed by atoms with Crippen molar-refractivity contribution in [3.05, 3.63) is 35.1 Å². The van der Waals surface area contributed by atoms with Gasteiger partial charge >= 0.3 is 0 Å². The van der Waals surface area contributed by atoms with Gasteiger partial charge in [0.05, 0.1) is 18.3 Å². The maximum atomic E-state index is 13.1. The summed E-state index contributed by atoms with van der Waals surface area (Å²) in [6, 6.07) is 4.89. The van der Waals surface area contributed by atoms with Gasteiger partial charge in [0.2, 0.25) is 0 Å². The highest BCUT2D eigenvalue weighted by atomic mass is 19.1. The van der Waals surface area contributed by atoms with Gasteiger partial charge in [0.1, 0.15) is 5.82 Å². The molecule has 1 aliphatic rings. The first kappa shape index (κ1) is 14.4. The zero-order valence-electron chi connectivity index (χ0n) is 11.8. The van der Waals surface area contributed by atoms with Crippen LogP contribution in [0.15, 0.2) is 18.2 Å². The van der Waals surface area contributed by atoms with Crippen molar-refractivity contribution in [2.24, 2.45) is 0 Å². The fourth-order valence-corrected chi connectivity index (χ4v) is 2.71. The van der Waals surface area contributed by atoms with Crippen LogP contribution in [-0.4, -0.2) is 41.4 Å². The number of hydrogen-bond donors (Lipinski definition) is 1. The zero-order chi connectivity index (χ0) is 14.0. The first-order chi connectivity index (χ1) is 8.89. The third-order valence-corrected chi connectivity index (χ3v) is 3.45. The SMILES string of the molecule is Cc1cc(F)ccc1CN1CC(CO)OC(C)(C)C1. The molecule has 0 saturated carbocycles. The predicted molar refractivity (Wildman–Crippen MR) is 72.5 cm³/mol. The minimum absolute atomic E-state index is 0.0301. The molecule has 1 atom stereocenters. The highest BCUT2D eigenvalue weighted by molar-refractivity contribution is 5.26. The molecule has 0 aliphatic carbocycles. The summed E-state index contributed by atoms with van der Waals surface area (Å²) in [7, 11) is 0. The largest absolute Gasteiger partial charge is 0.394 e. The van der Waals surface area contributed by atoms with E-state index in [9.17, 15) is 9.50 Å². The van der Waals surface area contributed by atoms with Crippen LogP contribution < -0.4 is 0 Å². The Morgan fingerprint density at radius 3 is 2.84 bits per heavy atom. The summed E-state index contributed by atoms with van der Waals surface area (Å²) in [6.45, 7) is 8.28. The van der Waals surface area contributed by atoms with Crippen LogP contribution >= 0.6 is 0 Å². The fourth-order valence-electron chi connectivity index (χ4n) is 2.71. The summed E-state index contributed by atoms with van der Waals surface area (Å²) in [5, 5.41) is 9.30. The Morgan fingerprint density at radius 2 is 2.21 bits per heavy atom. The summed E-state index contributed by atoms with van der Waals surface area (Å²) in [5.41, 5.74) is 1.82. The summed E-state index contributed by atoms with van der Waals surface area (Å²) in [6.07, 6.45) is -0.149. The number of hydrogen-bond acceptors (Lipinski definition) is 3. The number of morpholine rings is 1. The molecule has 0 bridgehead atoms. The molecule has 1 fully saturated rings. The monoisotopic (exact) mass is 267 g/mol. The van der Waals surface area contributed by atoms with Gasteiger partial charge in [0, 0.05) is 19.6 Å². The van der Waals surface area contributed by atoms with Gasteiger partial charge in [-0.1, -0.05) is 6.07 Å². The smallest absolute Gasteiger partial charge is 0.123 e. The minimum atomic E-state index is -0.264. The van der Waals surface area contributed by atoms with Gasteiger partial charge < -0.3 is 9.84 Å². The highest BCUT2D eigenvalue weighted by Gasteiger charge is 2.32. The molecule has 1 saturated heterocycles. The summed E-state index contributed by atoms with van der Waals surface area (Å²) in [4.78, 5) is 2.25. The van der Waals surface area contributed by atoms with Crippen LogP contribution in [0.3, 0.4) is 0 Å². The lowest BCUT2D eigenvalue weighted by Crippen LogP contribution is -2.53. The second-order valence-electron chi connectivity index (χ2n) is 5.92. The predicted octanol–water partition coefficient (Wildman–Crippen LogP) is 2.11. The number of nitrogens with zero attached hydrogens (tertiary/aromatic N) is 1. The van der Waals surface area contributed by atoms with Crippen molar-refractivity contribution >= 4 is 0 Å². The Balaban J connectivity index is 2.09. The van der Waals surface area contributed by atoms with E-state index in [1.54, 1.807) is 6.07 Å². The molecule has 0 amide bonds. The van der Waals surface area contributed by atoms with Gasteiger partial charge in [-0.15, -0.1) is 0 Å². The molecule has 0 radical (unpaired) electrons. The third-order valence-electron chi connectivity index (χ3n) is 3.45. The highest BCUT2D eigenvalue weighted by Crippen LogP contribution is 2.23. The van der Waals surface area contributed by atoms with Crippen LogP contribution in [0.4, 0.5) is 4.39 Å². The van der Waals surface area contributed by atoms with Crippen molar-refractivity contribution < 1.29 is 14.2 Å². The lowest BCUT2D eigenvalue weighted by atomic mass is 10.0. The maximum Gasteiger partial charge on any atom is 0.123 e. The summed E-state index contributed by atoms with van der Waals surface area (Å²) in [5.74, 6) is -0.197.